The molecule has 1 saturated carbocycles. The van der Waals surface area contributed by atoms with Gasteiger partial charge in [0.05, 0.1) is 6.61 Å². The van der Waals surface area contributed by atoms with E-state index >= 15 is 0 Å². The number of nitrogens with one attached hydrogen (secondary N) is 3. The lowest BCUT2D eigenvalue weighted by atomic mass is 9.80. The SMILES string of the molecule is CCCCNC(=O)C1(NC(=O)CCCOc2ccc3c(c2)CCC(=O)N3)CCCCC1. The summed E-state index contributed by atoms with van der Waals surface area (Å²) in [6.07, 6.45) is 8.52. The van der Waals surface area contributed by atoms with E-state index in [1.807, 2.05) is 18.2 Å². The molecule has 0 aromatic heterocycles. The van der Waals surface area contributed by atoms with Crippen molar-refractivity contribution in [3.8, 4) is 5.75 Å². The van der Waals surface area contributed by atoms with E-state index in [-0.39, 0.29) is 17.7 Å². The molecule has 1 fully saturated rings. The molecule has 1 heterocycles. The van der Waals surface area contributed by atoms with Gasteiger partial charge in [-0.05, 0) is 55.9 Å². The monoisotopic (exact) mass is 429 g/mol. The molecule has 3 amide bonds. The van der Waals surface area contributed by atoms with Crippen molar-refractivity contribution in [3.63, 3.8) is 0 Å². The molecule has 0 unspecified atom stereocenters. The second-order valence-corrected chi connectivity index (χ2v) is 8.62. The Hall–Kier alpha value is -2.57. The minimum atomic E-state index is -0.757. The number of carbonyl (C=O) groups excluding carboxylic acids is 3. The Labute approximate surface area is 184 Å². The fraction of sp³-hybridized carbons (Fsp3) is 0.625. The van der Waals surface area contributed by atoms with Gasteiger partial charge in [-0.2, -0.15) is 0 Å². The summed E-state index contributed by atoms with van der Waals surface area (Å²) in [5, 5.41) is 8.92. The average Bonchev–Trinajstić information content (AvgIpc) is 2.77. The topological polar surface area (TPSA) is 96.5 Å². The van der Waals surface area contributed by atoms with E-state index < -0.39 is 5.54 Å². The van der Waals surface area contributed by atoms with E-state index in [9.17, 15) is 14.4 Å². The van der Waals surface area contributed by atoms with Crippen molar-refractivity contribution in [2.24, 2.45) is 0 Å². The van der Waals surface area contributed by atoms with Crippen LogP contribution in [0.5, 0.6) is 5.75 Å². The van der Waals surface area contributed by atoms with Crippen LogP contribution in [0.3, 0.4) is 0 Å². The Kier molecular flexibility index (Phi) is 8.32. The first-order valence-corrected chi connectivity index (χ1v) is 11.7. The van der Waals surface area contributed by atoms with Crippen LogP contribution in [0.1, 0.15) is 76.7 Å². The Morgan fingerprint density at radius 1 is 1.13 bits per heavy atom. The number of hydrogen-bond donors (Lipinski definition) is 3. The van der Waals surface area contributed by atoms with Crippen LogP contribution in [0.15, 0.2) is 18.2 Å². The standard InChI is InChI=1S/C24H35N3O4/c1-2-3-15-25-23(30)24(13-5-4-6-14-24)27-22(29)8-7-16-31-19-10-11-20-18(17-19)9-12-21(28)26-20/h10-11,17H,2-9,12-16H2,1H3,(H,25,30)(H,26,28)(H,27,29). The summed E-state index contributed by atoms with van der Waals surface area (Å²) in [6.45, 7) is 3.17. The maximum absolute atomic E-state index is 12.8. The highest BCUT2D eigenvalue weighted by Gasteiger charge is 2.40. The zero-order valence-electron chi connectivity index (χ0n) is 18.6. The minimum Gasteiger partial charge on any atom is -0.494 e. The summed E-state index contributed by atoms with van der Waals surface area (Å²) in [4.78, 5) is 36.9. The molecule has 3 rings (SSSR count). The molecule has 7 nitrogen and oxygen atoms in total. The van der Waals surface area contributed by atoms with Gasteiger partial charge < -0.3 is 20.7 Å². The molecule has 1 aromatic rings. The number of hydrogen-bond acceptors (Lipinski definition) is 4. The van der Waals surface area contributed by atoms with Crippen molar-refractivity contribution in [1.29, 1.82) is 0 Å². The van der Waals surface area contributed by atoms with Crippen molar-refractivity contribution in [2.45, 2.75) is 83.1 Å². The van der Waals surface area contributed by atoms with Crippen molar-refractivity contribution in [2.75, 3.05) is 18.5 Å². The molecule has 7 heteroatoms. The van der Waals surface area contributed by atoms with E-state index in [2.05, 4.69) is 22.9 Å². The first kappa shape index (κ1) is 23.1. The van der Waals surface area contributed by atoms with Gasteiger partial charge in [0, 0.05) is 25.1 Å². The number of amides is 3. The quantitative estimate of drug-likeness (QED) is 0.496. The summed E-state index contributed by atoms with van der Waals surface area (Å²) in [5.41, 5.74) is 1.16. The third kappa shape index (κ3) is 6.45. The fourth-order valence-corrected chi connectivity index (χ4v) is 4.31. The van der Waals surface area contributed by atoms with Gasteiger partial charge in [0.2, 0.25) is 17.7 Å². The second-order valence-electron chi connectivity index (χ2n) is 8.62. The lowest BCUT2D eigenvalue weighted by molar-refractivity contribution is -0.135. The first-order valence-electron chi connectivity index (χ1n) is 11.7. The predicted octanol–water partition coefficient (Wildman–Crippen LogP) is 3.47. The largest absolute Gasteiger partial charge is 0.494 e. The molecule has 1 aliphatic heterocycles. The van der Waals surface area contributed by atoms with E-state index in [4.69, 9.17) is 4.74 Å². The fourth-order valence-electron chi connectivity index (χ4n) is 4.31. The highest BCUT2D eigenvalue weighted by molar-refractivity contribution is 5.94. The maximum Gasteiger partial charge on any atom is 0.245 e. The van der Waals surface area contributed by atoms with Gasteiger partial charge in [-0.15, -0.1) is 0 Å². The lowest BCUT2D eigenvalue weighted by Crippen LogP contribution is -2.59. The van der Waals surface area contributed by atoms with Crippen LogP contribution in [0.25, 0.3) is 0 Å². The minimum absolute atomic E-state index is 0.0357. The van der Waals surface area contributed by atoms with Crippen LogP contribution < -0.4 is 20.7 Å². The summed E-state index contributed by atoms with van der Waals surface area (Å²) in [7, 11) is 0. The molecule has 0 spiro atoms. The summed E-state index contributed by atoms with van der Waals surface area (Å²) >= 11 is 0. The average molecular weight is 430 g/mol. The molecule has 3 N–H and O–H groups in total. The normalized spacial score (nSPS) is 17.3. The Morgan fingerprint density at radius 3 is 2.71 bits per heavy atom. The Bertz CT molecular complexity index is 787. The van der Waals surface area contributed by atoms with Crippen LogP contribution in [0, 0.1) is 0 Å². The number of unbranched alkanes of at least 4 members (excludes halogenated alkanes) is 1. The molecule has 1 aliphatic carbocycles. The third-order valence-electron chi connectivity index (χ3n) is 6.13. The number of aryl methyl sites for hydroxylation is 1. The second kappa shape index (κ2) is 11.2. The molecule has 31 heavy (non-hydrogen) atoms. The molecule has 0 bridgehead atoms. The predicted molar refractivity (Wildman–Crippen MR) is 120 cm³/mol. The van der Waals surface area contributed by atoms with E-state index in [1.165, 1.54) is 0 Å². The van der Waals surface area contributed by atoms with Crippen LogP contribution >= 0.6 is 0 Å². The molecule has 0 radical (unpaired) electrons. The van der Waals surface area contributed by atoms with Crippen molar-refractivity contribution in [3.05, 3.63) is 23.8 Å². The molecular weight excluding hydrogens is 394 g/mol. The number of anilines is 1. The van der Waals surface area contributed by atoms with Gasteiger partial charge >= 0.3 is 0 Å². The number of fused-ring (bicyclic) bond motifs is 1. The summed E-state index contributed by atoms with van der Waals surface area (Å²) < 4.78 is 5.81. The van der Waals surface area contributed by atoms with Crippen LogP contribution in [0.2, 0.25) is 0 Å². The first-order chi connectivity index (χ1) is 15.0. The van der Waals surface area contributed by atoms with Gasteiger partial charge in [0.25, 0.3) is 0 Å². The van der Waals surface area contributed by atoms with Gasteiger partial charge in [-0.3, -0.25) is 14.4 Å². The maximum atomic E-state index is 12.8. The van der Waals surface area contributed by atoms with Crippen molar-refractivity contribution < 1.29 is 19.1 Å². The summed E-state index contributed by atoms with van der Waals surface area (Å²) in [5.74, 6) is 0.659. The smallest absolute Gasteiger partial charge is 0.245 e. The van der Waals surface area contributed by atoms with E-state index in [1.54, 1.807) is 0 Å². The van der Waals surface area contributed by atoms with Crippen molar-refractivity contribution in [1.82, 2.24) is 10.6 Å². The van der Waals surface area contributed by atoms with Crippen LogP contribution in [0.4, 0.5) is 5.69 Å². The molecular formula is C24H35N3O4. The Morgan fingerprint density at radius 2 is 1.94 bits per heavy atom. The third-order valence-corrected chi connectivity index (χ3v) is 6.13. The highest BCUT2D eigenvalue weighted by Crippen LogP contribution is 2.29. The van der Waals surface area contributed by atoms with E-state index in [0.29, 0.717) is 51.7 Å². The molecule has 0 atom stereocenters. The molecule has 2 aliphatic rings. The van der Waals surface area contributed by atoms with Crippen LogP contribution in [-0.4, -0.2) is 36.4 Å². The molecule has 0 saturated heterocycles. The number of rotatable bonds is 10. The van der Waals surface area contributed by atoms with Gasteiger partial charge in [0.1, 0.15) is 11.3 Å². The zero-order chi connectivity index (χ0) is 22.1. The highest BCUT2D eigenvalue weighted by atomic mass is 16.5. The number of benzene rings is 1. The van der Waals surface area contributed by atoms with E-state index in [0.717, 1.165) is 49.1 Å². The van der Waals surface area contributed by atoms with Gasteiger partial charge in [0.15, 0.2) is 0 Å². The lowest BCUT2D eigenvalue weighted by Gasteiger charge is -2.36. The van der Waals surface area contributed by atoms with Gasteiger partial charge in [-0.1, -0.05) is 32.6 Å². The zero-order valence-corrected chi connectivity index (χ0v) is 18.6. The molecule has 1 aromatic carbocycles. The summed E-state index contributed by atoms with van der Waals surface area (Å²) in [6, 6.07) is 5.65. The van der Waals surface area contributed by atoms with Crippen LogP contribution in [-0.2, 0) is 20.8 Å². The van der Waals surface area contributed by atoms with Gasteiger partial charge in [-0.25, -0.2) is 0 Å². The number of ether oxygens (including phenoxy) is 1. The number of carbonyl (C=O) groups is 3. The van der Waals surface area contributed by atoms with Crippen molar-refractivity contribution >= 4 is 23.4 Å². The molecule has 170 valence electrons. The Balaban J connectivity index is 1.45.